The molecule has 0 radical (unpaired) electrons. The van der Waals surface area contributed by atoms with Crippen LogP contribution < -0.4 is 0 Å². The summed E-state index contributed by atoms with van der Waals surface area (Å²) in [6, 6.07) is 9.06. The highest BCUT2D eigenvalue weighted by molar-refractivity contribution is 5.93. The molecule has 39 heavy (non-hydrogen) atoms. The molecule has 7 rings (SSSR count). The zero-order valence-electron chi connectivity index (χ0n) is 22.3. The van der Waals surface area contributed by atoms with Crippen LogP contribution >= 0.6 is 0 Å². The lowest BCUT2D eigenvalue weighted by atomic mass is 9.52. The van der Waals surface area contributed by atoms with E-state index in [-0.39, 0.29) is 6.42 Å². The molecule has 10 nitrogen and oxygen atoms in total. The molecular weight excluding hydrogens is 508 g/mol. The lowest BCUT2D eigenvalue weighted by Crippen LogP contribution is -2.76. The van der Waals surface area contributed by atoms with Gasteiger partial charge in [-0.1, -0.05) is 50.8 Å². The maximum Gasteiger partial charge on any atom is 0.314 e. The van der Waals surface area contributed by atoms with Crippen molar-refractivity contribution in [1.82, 2.24) is 0 Å². The van der Waals surface area contributed by atoms with Gasteiger partial charge in [0.25, 0.3) is 0 Å². The molecule has 0 amide bonds. The van der Waals surface area contributed by atoms with E-state index in [0.717, 1.165) is 0 Å². The number of fused-ring (bicyclic) bond motifs is 3. The SMILES string of the molecule is C=C(C)[C@]12O[C@@]3(c4ccccc4)O[C@@H]1[C@@H]1[C@H]4O[C@]4(CO)[C@@H](O)[C@]4(O)C(=O)[C@H](C)C[C@H]4[C@@]1(O3)[C@H](C)[C@H]2OC(C)=O. The normalized spacial score (nSPS) is 54.4. The second-order valence-corrected chi connectivity index (χ2v) is 12.4. The summed E-state index contributed by atoms with van der Waals surface area (Å²) in [5.74, 6) is -5.81. The molecule has 3 aliphatic heterocycles. The van der Waals surface area contributed by atoms with Gasteiger partial charge in [-0.25, -0.2) is 0 Å². The van der Waals surface area contributed by atoms with E-state index in [1.807, 2.05) is 25.1 Å². The largest absolute Gasteiger partial charge is 0.459 e. The molecule has 3 saturated carbocycles. The smallest absolute Gasteiger partial charge is 0.314 e. The molecular formula is C29H34O10. The van der Waals surface area contributed by atoms with Gasteiger partial charge in [-0.2, -0.15) is 0 Å². The highest BCUT2D eigenvalue weighted by atomic mass is 16.9. The molecule has 1 aromatic rings. The lowest BCUT2D eigenvalue weighted by Gasteiger charge is -2.61. The number of rotatable bonds is 4. The van der Waals surface area contributed by atoms with Crippen molar-refractivity contribution in [2.24, 2.45) is 23.7 Å². The molecule has 210 valence electrons. The van der Waals surface area contributed by atoms with Crippen LogP contribution in [-0.4, -0.2) is 80.5 Å². The maximum atomic E-state index is 13.7. The number of ketones is 1. The lowest BCUT2D eigenvalue weighted by molar-refractivity contribution is -0.443. The van der Waals surface area contributed by atoms with E-state index in [9.17, 15) is 24.9 Å². The van der Waals surface area contributed by atoms with E-state index in [4.69, 9.17) is 23.7 Å². The summed E-state index contributed by atoms with van der Waals surface area (Å²) in [6.45, 7) is 10.2. The topological polar surface area (TPSA) is 144 Å². The zero-order chi connectivity index (χ0) is 27.9. The Morgan fingerprint density at radius 3 is 2.44 bits per heavy atom. The summed E-state index contributed by atoms with van der Waals surface area (Å²) in [5.41, 5.74) is -5.63. The van der Waals surface area contributed by atoms with Crippen molar-refractivity contribution in [1.29, 1.82) is 0 Å². The Balaban J connectivity index is 1.55. The predicted octanol–water partition coefficient (Wildman–Crippen LogP) is 0.954. The molecule has 6 fully saturated rings. The number of epoxide rings is 1. The van der Waals surface area contributed by atoms with Gasteiger partial charge in [0.05, 0.1) is 12.2 Å². The Labute approximate surface area is 225 Å². The number of ether oxygens (including phenoxy) is 5. The Bertz CT molecular complexity index is 1280. The number of aliphatic hydroxyl groups is 3. The van der Waals surface area contributed by atoms with Crippen LogP contribution in [0.2, 0.25) is 0 Å². The van der Waals surface area contributed by atoms with Crippen LogP contribution in [0.15, 0.2) is 42.5 Å². The minimum Gasteiger partial charge on any atom is -0.459 e. The number of hydrogen-bond donors (Lipinski definition) is 3. The van der Waals surface area contributed by atoms with Gasteiger partial charge < -0.3 is 39.0 Å². The van der Waals surface area contributed by atoms with Crippen molar-refractivity contribution in [2.75, 3.05) is 6.61 Å². The van der Waals surface area contributed by atoms with Gasteiger partial charge in [-0.15, -0.1) is 0 Å². The average molecular weight is 543 g/mol. The van der Waals surface area contributed by atoms with Crippen LogP contribution in [-0.2, 0) is 39.2 Å². The number of aliphatic hydroxyl groups excluding tert-OH is 2. The van der Waals surface area contributed by atoms with Gasteiger partial charge >= 0.3 is 11.9 Å². The molecule has 1 aromatic carbocycles. The Morgan fingerprint density at radius 2 is 1.82 bits per heavy atom. The first kappa shape index (κ1) is 25.8. The Hall–Kier alpha value is -2.18. The standard InChI is InChI=1S/C29H34O10/c1-13(2)27-21(35-16(5)31)15(4)28-18-11-14(3)20(32)26(18,34)24(33)25(12-30)22(36-25)19(28)23(27)37-29(38-27,39-28)17-9-7-6-8-10-17/h6-10,14-15,18-19,21-24,30,33-34H,1,11-12H2,2-5H3/t14-,15-,18-,19+,21-,22-,23-,24-,25+,26-,27-,28+,29-/m1/s1. The number of carbonyl (C=O) groups is 2. The minimum absolute atomic E-state index is 0.200. The molecule has 0 aromatic heterocycles. The summed E-state index contributed by atoms with van der Waals surface area (Å²) in [5, 5.41) is 34.5. The van der Waals surface area contributed by atoms with Gasteiger partial charge in [-0.3, -0.25) is 9.59 Å². The molecule has 3 saturated heterocycles. The fourth-order valence-corrected chi connectivity index (χ4v) is 8.94. The molecule has 0 unspecified atom stereocenters. The van der Waals surface area contributed by atoms with Gasteiger partial charge in [0.15, 0.2) is 17.0 Å². The molecule has 6 aliphatic rings. The van der Waals surface area contributed by atoms with Crippen LogP contribution in [0.3, 0.4) is 0 Å². The van der Waals surface area contributed by atoms with Crippen LogP contribution in [0.1, 0.15) is 39.7 Å². The first-order valence-electron chi connectivity index (χ1n) is 13.6. The fourth-order valence-electron chi connectivity index (χ4n) is 8.94. The van der Waals surface area contributed by atoms with Crippen LogP contribution in [0.5, 0.6) is 0 Å². The minimum atomic E-state index is -2.29. The van der Waals surface area contributed by atoms with E-state index in [1.54, 1.807) is 26.0 Å². The monoisotopic (exact) mass is 542 g/mol. The average Bonchev–Trinajstić information content (AvgIpc) is 3.53. The molecule has 3 aliphatic carbocycles. The first-order valence-corrected chi connectivity index (χ1v) is 13.6. The van der Waals surface area contributed by atoms with E-state index < -0.39 is 94.8 Å². The predicted molar refractivity (Wildman–Crippen MR) is 132 cm³/mol. The molecule has 13 atom stereocenters. The van der Waals surface area contributed by atoms with E-state index in [0.29, 0.717) is 11.1 Å². The van der Waals surface area contributed by atoms with E-state index >= 15 is 0 Å². The molecule has 10 heteroatoms. The van der Waals surface area contributed by atoms with E-state index in [1.165, 1.54) is 6.92 Å². The number of benzene rings is 1. The highest BCUT2D eigenvalue weighted by Crippen LogP contribution is 2.74. The van der Waals surface area contributed by atoms with Gasteiger partial charge in [-0.05, 0) is 18.9 Å². The van der Waals surface area contributed by atoms with Crippen LogP contribution in [0.4, 0.5) is 0 Å². The summed E-state index contributed by atoms with van der Waals surface area (Å²) < 4.78 is 32.7. The van der Waals surface area contributed by atoms with Crippen molar-refractivity contribution in [3.05, 3.63) is 48.0 Å². The maximum absolute atomic E-state index is 13.7. The number of Topliss-reactive ketones (excluding diaryl/α,β-unsaturated/α-hetero) is 1. The number of hydrogen-bond acceptors (Lipinski definition) is 10. The summed E-state index contributed by atoms with van der Waals surface area (Å²) in [6.07, 6.45) is -4.18. The highest BCUT2D eigenvalue weighted by Gasteiger charge is 2.91. The van der Waals surface area contributed by atoms with Gasteiger partial charge in [0.2, 0.25) is 0 Å². The Morgan fingerprint density at radius 1 is 1.13 bits per heavy atom. The summed E-state index contributed by atoms with van der Waals surface area (Å²) in [4.78, 5) is 26.2. The summed E-state index contributed by atoms with van der Waals surface area (Å²) >= 11 is 0. The molecule has 3 N–H and O–H groups in total. The quantitative estimate of drug-likeness (QED) is 0.286. The third kappa shape index (κ3) is 2.63. The van der Waals surface area contributed by atoms with Crippen molar-refractivity contribution in [3.8, 4) is 0 Å². The summed E-state index contributed by atoms with van der Waals surface area (Å²) in [7, 11) is 0. The van der Waals surface area contributed by atoms with Gasteiger partial charge in [0, 0.05) is 36.2 Å². The third-order valence-corrected chi connectivity index (χ3v) is 10.6. The van der Waals surface area contributed by atoms with Crippen molar-refractivity contribution in [2.45, 2.75) is 86.9 Å². The van der Waals surface area contributed by atoms with Crippen molar-refractivity contribution in [3.63, 3.8) is 0 Å². The van der Waals surface area contributed by atoms with Crippen molar-refractivity contribution < 1.29 is 48.6 Å². The van der Waals surface area contributed by atoms with Gasteiger partial charge in [0.1, 0.15) is 30.0 Å². The van der Waals surface area contributed by atoms with Crippen LogP contribution in [0.25, 0.3) is 0 Å². The fraction of sp³-hybridized carbons (Fsp3) is 0.655. The second kappa shape index (κ2) is 7.55. The molecule has 3 heterocycles. The number of carbonyl (C=O) groups excluding carboxylic acids is 2. The zero-order valence-corrected chi connectivity index (χ0v) is 22.3. The molecule has 3 bridgehead atoms. The van der Waals surface area contributed by atoms with Crippen molar-refractivity contribution >= 4 is 11.8 Å². The molecule has 0 spiro atoms. The number of esters is 1. The van der Waals surface area contributed by atoms with E-state index in [2.05, 4.69) is 6.58 Å². The first-order chi connectivity index (χ1) is 18.4. The Kier molecular flexibility index (Phi) is 4.99. The second-order valence-electron chi connectivity index (χ2n) is 12.4. The van der Waals surface area contributed by atoms with Crippen LogP contribution in [0, 0.1) is 23.7 Å². The third-order valence-electron chi connectivity index (χ3n) is 10.6.